The molecule has 0 spiro atoms. The van der Waals surface area contributed by atoms with Gasteiger partial charge < -0.3 is 24.2 Å². The Hall–Kier alpha value is -3.12. The van der Waals surface area contributed by atoms with Crippen LogP contribution in [0.1, 0.15) is 53.7 Å². The highest BCUT2D eigenvalue weighted by atomic mass is 32.2. The van der Waals surface area contributed by atoms with Crippen LogP contribution < -0.4 is 14.4 Å². The van der Waals surface area contributed by atoms with Crippen LogP contribution in [0.25, 0.3) is 0 Å². The highest BCUT2D eigenvalue weighted by Crippen LogP contribution is 2.42. The van der Waals surface area contributed by atoms with Crippen molar-refractivity contribution >= 4 is 33.0 Å². The molecule has 1 atom stereocenters. The number of carbonyl (C=O) groups is 1. The lowest BCUT2D eigenvalue weighted by Gasteiger charge is -2.37. The number of piperazine rings is 1. The van der Waals surface area contributed by atoms with Crippen LogP contribution in [0.3, 0.4) is 0 Å². The van der Waals surface area contributed by atoms with Crippen LogP contribution >= 0.6 is 11.3 Å². The number of thiophene rings is 1. The number of rotatable bonds is 10. The fraction of sp³-hybridized carbons (Fsp3) is 0.485. The number of carbonyl (C=O) groups excluding carboxylic acids is 1. The summed E-state index contributed by atoms with van der Waals surface area (Å²) in [5.74, 6) is 1.59. The minimum Gasteiger partial charge on any atom is -0.493 e. The minimum atomic E-state index is -3.47. The normalized spacial score (nSPS) is 19.3. The van der Waals surface area contributed by atoms with Gasteiger partial charge in [0.15, 0.2) is 11.5 Å². The van der Waals surface area contributed by atoms with Crippen LogP contribution in [0.2, 0.25) is 0 Å². The van der Waals surface area contributed by atoms with Gasteiger partial charge in [0.05, 0.1) is 20.3 Å². The van der Waals surface area contributed by atoms with Gasteiger partial charge in [-0.3, -0.25) is 4.79 Å². The molecule has 1 aromatic heterocycles. The SMILES string of the molecule is CCN1CCN(c2cccc3c2CN(C(CC2CCN(S(=O)(=O)c4cccs4)CC2)c2ccc(OC)c(OC)c2)C3=O)CC1. The molecule has 3 aliphatic rings. The van der Waals surface area contributed by atoms with E-state index < -0.39 is 10.0 Å². The highest BCUT2D eigenvalue weighted by Gasteiger charge is 2.39. The van der Waals surface area contributed by atoms with Crippen molar-refractivity contribution in [2.24, 2.45) is 5.92 Å². The van der Waals surface area contributed by atoms with E-state index in [-0.39, 0.29) is 17.9 Å². The first-order chi connectivity index (χ1) is 21.3. The molecule has 2 saturated heterocycles. The Kier molecular flexibility index (Phi) is 9.18. The van der Waals surface area contributed by atoms with Gasteiger partial charge in [0.1, 0.15) is 4.21 Å². The van der Waals surface area contributed by atoms with Gasteiger partial charge in [-0.1, -0.05) is 25.1 Å². The van der Waals surface area contributed by atoms with Gasteiger partial charge >= 0.3 is 0 Å². The highest BCUT2D eigenvalue weighted by molar-refractivity contribution is 7.91. The number of nitrogens with zero attached hydrogens (tertiary/aromatic N) is 4. The molecule has 0 N–H and O–H groups in total. The Morgan fingerprint density at radius 3 is 2.34 bits per heavy atom. The first kappa shape index (κ1) is 30.9. The summed E-state index contributed by atoms with van der Waals surface area (Å²) in [7, 11) is -0.224. The quantitative estimate of drug-likeness (QED) is 0.306. The molecule has 3 aromatic rings. The number of piperidine rings is 1. The summed E-state index contributed by atoms with van der Waals surface area (Å²) in [6.45, 7) is 8.70. The molecule has 44 heavy (non-hydrogen) atoms. The Balaban J connectivity index is 1.26. The van der Waals surface area contributed by atoms with E-state index in [1.165, 1.54) is 11.3 Å². The molecule has 236 valence electrons. The summed E-state index contributed by atoms with van der Waals surface area (Å²) in [5, 5.41) is 1.80. The number of benzene rings is 2. The molecule has 0 aliphatic carbocycles. The van der Waals surface area contributed by atoms with Gasteiger partial charge in [-0.05, 0) is 73.0 Å². The smallest absolute Gasteiger partial charge is 0.255 e. The third kappa shape index (κ3) is 5.94. The third-order valence-electron chi connectivity index (χ3n) is 9.52. The second-order valence-electron chi connectivity index (χ2n) is 11.8. The number of ether oxygens (including phenoxy) is 2. The summed E-state index contributed by atoms with van der Waals surface area (Å²) in [5.41, 5.74) is 4.04. The van der Waals surface area contributed by atoms with Crippen LogP contribution in [0.4, 0.5) is 5.69 Å². The maximum Gasteiger partial charge on any atom is 0.255 e. The average molecular weight is 639 g/mol. The van der Waals surface area contributed by atoms with Crippen LogP contribution in [0.5, 0.6) is 11.5 Å². The number of fused-ring (bicyclic) bond motifs is 1. The van der Waals surface area contributed by atoms with Crippen LogP contribution in [-0.4, -0.2) is 88.5 Å². The van der Waals surface area contributed by atoms with Crippen molar-refractivity contribution in [1.29, 1.82) is 0 Å². The number of anilines is 1. The summed E-state index contributed by atoms with van der Waals surface area (Å²) in [6.07, 6.45) is 2.24. The van der Waals surface area contributed by atoms with Crippen molar-refractivity contribution in [3.05, 3.63) is 70.6 Å². The third-order valence-corrected chi connectivity index (χ3v) is 12.8. The van der Waals surface area contributed by atoms with Crippen molar-refractivity contribution in [1.82, 2.24) is 14.1 Å². The van der Waals surface area contributed by atoms with Crippen molar-refractivity contribution < 1.29 is 22.7 Å². The molecule has 6 rings (SSSR count). The maximum atomic E-state index is 14.1. The molecular formula is C33H42N4O5S2. The Morgan fingerprint density at radius 1 is 0.932 bits per heavy atom. The minimum absolute atomic E-state index is 0.0477. The Morgan fingerprint density at radius 2 is 1.68 bits per heavy atom. The Bertz CT molecular complexity index is 1560. The van der Waals surface area contributed by atoms with Crippen molar-refractivity contribution in [2.75, 3.05) is 64.9 Å². The van der Waals surface area contributed by atoms with Crippen molar-refractivity contribution in [3.63, 3.8) is 0 Å². The fourth-order valence-electron chi connectivity index (χ4n) is 6.93. The molecular weight excluding hydrogens is 597 g/mol. The molecule has 1 unspecified atom stereocenters. The lowest BCUT2D eigenvalue weighted by molar-refractivity contribution is 0.0659. The van der Waals surface area contributed by atoms with Gasteiger partial charge in [0.2, 0.25) is 0 Å². The number of hydrogen-bond donors (Lipinski definition) is 0. The van der Waals surface area contributed by atoms with E-state index in [4.69, 9.17) is 9.47 Å². The second kappa shape index (κ2) is 13.1. The number of methoxy groups -OCH3 is 2. The largest absolute Gasteiger partial charge is 0.493 e. The summed E-state index contributed by atoms with van der Waals surface area (Å²) in [4.78, 5) is 21.0. The van der Waals surface area contributed by atoms with E-state index in [0.717, 1.165) is 74.4 Å². The van der Waals surface area contributed by atoms with Crippen LogP contribution in [0, 0.1) is 5.92 Å². The fourth-order valence-corrected chi connectivity index (χ4v) is 9.55. The molecule has 11 heteroatoms. The van der Waals surface area contributed by atoms with E-state index in [9.17, 15) is 13.2 Å². The van der Waals surface area contributed by atoms with E-state index >= 15 is 0 Å². The topological polar surface area (TPSA) is 82.6 Å². The molecule has 2 aromatic carbocycles. The summed E-state index contributed by atoms with van der Waals surface area (Å²) in [6, 6.07) is 15.3. The van der Waals surface area contributed by atoms with Crippen molar-refractivity contribution in [2.45, 2.75) is 43.0 Å². The van der Waals surface area contributed by atoms with Gasteiger partial charge in [0.25, 0.3) is 15.9 Å². The Labute approximate surface area is 265 Å². The second-order valence-corrected chi connectivity index (χ2v) is 14.9. The lowest BCUT2D eigenvalue weighted by atomic mass is 9.87. The van der Waals surface area contributed by atoms with Crippen LogP contribution in [-0.2, 0) is 16.6 Å². The van der Waals surface area contributed by atoms with Crippen molar-refractivity contribution in [3.8, 4) is 11.5 Å². The standard InChI is InChI=1S/C33H42N4O5S2/c1-4-34-16-18-35(19-17-34)28-8-5-7-26-27(28)23-37(33(26)38)29(25-10-11-30(41-2)31(22-25)42-3)21-24-12-14-36(15-13-24)44(39,40)32-9-6-20-43-32/h5-11,20,22,24,29H,4,12-19,21,23H2,1-3H3. The molecule has 0 saturated carbocycles. The summed E-state index contributed by atoms with van der Waals surface area (Å²) < 4.78 is 39.5. The zero-order valence-electron chi connectivity index (χ0n) is 25.8. The zero-order valence-corrected chi connectivity index (χ0v) is 27.4. The maximum absolute atomic E-state index is 14.1. The number of amides is 1. The van der Waals surface area contributed by atoms with Gasteiger partial charge in [-0.2, -0.15) is 4.31 Å². The first-order valence-electron chi connectivity index (χ1n) is 15.5. The van der Waals surface area contributed by atoms with Crippen LogP contribution in [0.15, 0.2) is 58.1 Å². The van der Waals surface area contributed by atoms with Gasteiger partial charge in [-0.15, -0.1) is 11.3 Å². The molecule has 2 fully saturated rings. The lowest BCUT2D eigenvalue weighted by Crippen LogP contribution is -2.46. The molecule has 0 bridgehead atoms. The molecule has 1 amide bonds. The monoisotopic (exact) mass is 638 g/mol. The van der Waals surface area contributed by atoms with E-state index in [2.05, 4.69) is 22.8 Å². The predicted octanol–water partition coefficient (Wildman–Crippen LogP) is 5.10. The first-order valence-corrected chi connectivity index (χ1v) is 17.8. The molecule has 3 aliphatic heterocycles. The summed E-state index contributed by atoms with van der Waals surface area (Å²) >= 11 is 1.26. The molecule has 4 heterocycles. The number of likely N-dealkylation sites (N-methyl/N-ethyl adjacent to an activating group) is 1. The van der Waals surface area contributed by atoms with Gasteiger partial charge in [0, 0.05) is 62.6 Å². The average Bonchev–Trinajstić information content (AvgIpc) is 3.73. The van der Waals surface area contributed by atoms with E-state index in [1.54, 1.807) is 36.0 Å². The van der Waals surface area contributed by atoms with Gasteiger partial charge in [-0.25, -0.2) is 8.42 Å². The zero-order chi connectivity index (χ0) is 30.8. The predicted molar refractivity (Wildman–Crippen MR) is 173 cm³/mol. The molecule has 9 nitrogen and oxygen atoms in total. The van der Waals surface area contributed by atoms with E-state index in [1.807, 2.05) is 35.2 Å². The number of sulfonamides is 1. The number of hydrogen-bond acceptors (Lipinski definition) is 8. The van der Waals surface area contributed by atoms with E-state index in [0.29, 0.717) is 35.3 Å². The molecule has 0 radical (unpaired) electrons.